The Morgan fingerprint density at radius 1 is 0.714 bits per heavy atom. The van der Waals surface area contributed by atoms with Crippen molar-refractivity contribution >= 4 is 43.1 Å². The summed E-state index contributed by atoms with van der Waals surface area (Å²) >= 11 is 3.49. The van der Waals surface area contributed by atoms with E-state index in [1.54, 1.807) is 22.7 Å². The van der Waals surface area contributed by atoms with Gasteiger partial charge in [0.05, 0.1) is 30.4 Å². The maximum absolute atomic E-state index is 4.57. The van der Waals surface area contributed by atoms with Crippen LogP contribution in [0.25, 0.3) is 31.6 Å². The summed E-state index contributed by atoms with van der Waals surface area (Å²) in [6.07, 6.45) is 0. The molecular weight excluding hydrogens is 296 g/mol. The zero-order valence-corrected chi connectivity index (χ0v) is 12.8. The molecule has 0 amide bonds. The van der Waals surface area contributed by atoms with Gasteiger partial charge < -0.3 is 0 Å². The number of fused-ring (bicyclic) bond motifs is 2. The minimum absolute atomic E-state index is 0. The monoisotopic (exact) mass is 312 g/mol. The molecule has 0 N–H and O–H groups in total. The zero-order valence-electron chi connectivity index (χ0n) is 11.2. The van der Waals surface area contributed by atoms with Crippen molar-refractivity contribution in [2.24, 2.45) is 0 Å². The van der Waals surface area contributed by atoms with Crippen molar-refractivity contribution in [2.75, 3.05) is 0 Å². The molecule has 4 heteroatoms. The normalized spacial score (nSPS) is 11.0. The van der Waals surface area contributed by atoms with E-state index in [9.17, 15) is 0 Å². The van der Waals surface area contributed by atoms with Crippen LogP contribution in [0.15, 0.2) is 36.4 Å². The number of hydrogen-bond donors (Lipinski definition) is 0. The van der Waals surface area contributed by atoms with Crippen molar-refractivity contribution in [3.63, 3.8) is 0 Å². The Labute approximate surface area is 132 Å². The summed E-state index contributed by atoms with van der Waals surface area (Å²) < 4.78 is 2.50. The molecule has 0 aliphatic rings. The first-order valence-corrected chi connectivity index (χ1v) is 8.07. The number of aryl methyl sites for hydroxylation is 2. The molecule has 2 heterocycles. The number of benzene rings is 2. The third kappa shape index (κ3) is 2.45. The highest BCUT2D eigenvalue weighted by molar-refractivity contribution is 7.18. The van der Waals surface area contributed by atoms with E-state index in [0.29, 0.717) is 0 Å². The van der Waals surface area contributed by atoms with E-state index >= 15 is 0 Å². The number of hydrogen-bond acceptors (Lipinski definition) is 4. The second kappa shape index (κ2) is 5.20. The molecule has 2 aromatic carbocycles. The Morgan fingerprint density at radius 3 is 2.14 bits per heavy atom. The standard InChI is InChI=1S/C16H12N2S2.CH4/c1-9-17-13-5-3-12(8-16(13)20-9)11-4-6-15-14(7-11)18-10(2)19-15;/h3-8H,1-2H3;1H4. The number of thiazole rings is 2. The Bertz CT molecular complexity index is 856. The molecule has 21 heavy (non-hydrogen) atoms. The Morgan fingerprint density at radius 2 is 1.33 bits per heavy atom. The molecule has 0 spiro atoms. The molecule has 0 bridgehead atoms. The van der Waals surface area contributed by atoms with Crippen molar-refractivity contribution < 1.29 is 0 Å². The van der Waals surface area contributed by atoms with E-state index in [1.807, 2.05) is 0 Å². The maximum Gasteiger partial charge on any atom is 0.0907 e. The maximum atomic E-state index is 4.57. The molecule has 0 radical (unpaired) electrons. The van der Waals surface area contributed by atoms with E-state index in [1.165, 1.54) is 20.5 Å². The van der Waals surface area contributed by atoms with Gasteiger partial charge >= 0.3 is 0 Å². The fourth-order valence-electron chi connectivity index (χ4n) is 2.44. The quantitative estimate of drug-likeness (QED) is 0.442. The fraction of sp³-hybridized carbons (Fsp3) is 0.176. The first-order valence-electron chi connectivity index (χ1n) is 6.44. The first kappa shape index (κ1) is 14.2. The lowest BCUT2D eigenvalue weighted by atomic mass is 10.1. The van der Waals surface area contributed by atoms with Crippen LogP contribution in [0.2, 0.25) is 0 Å². The molecule has 106 valence electrons. The highest BCUT2D eigenvalue weighted by atomic mass is 32.1. The van der Waals surface area contributed by atoms with Crippen molar-refractivity contribution in [2.45, 2.75) is 21.3 Å². The smallest absolute Gasteiger partial charge is 0.0907 e. The Hall–Kier alpha value is -1.78. The molecule has 0 unspecified atom stereocenters. The van der Waals surface area contributed by atoms with Crippen molar-refractivity contribution in [1.29, 1.82) is 0 Å². The minimum Gasteiger partial charge on any atom is -0.242 e. The third-order valence-corrected chi connectivity index (χ3v) is 5.21. The number of aromatic nitrogens is 2. The van der Waals surface area contributed by atoms with Crippen LogP contribution in [-0.2, 0) is 0 Å². The summed E-state index contributed by atoms with van der Waals surface area (Å²) in [5.41, 5.74) is 4.62. The Balaban J connectivity index is 0.00000132. The highest BCUT2D eigenvalue weighted by Crippen LogP contribution is 2.31. The van der Waals surface area contributed by atoms with E-state index in [4.69, 9.17) is 0 Å². The molecule has 0 fully saturated rings. The van der Waals surface area contributed by atoms with E-state index in [0.717, 1.165) is 21.0 Å². The topological polar surface area (TPSA) is 25.8 Å². The van der Waals surface area contributed by atoms with Crippen LogP contribution >= 0.6 is 22.7 Å². The van der Waals surface area contributed by atoms with Gasteiger partial charge in [-0.1, -0.05) is 19.6 Å². The summed E-state index contributed by atoms with van der Waals surface area (Å²) in [5, 5.41) is 2.23. The lowest BCUT2D eigenvalue weighted by Gasteiger charge is -2.01. The predicted octanol–water partition coefficient (Wildman–Crippen LogP) is 5.83. The van der Waals surface area contributed by atoms with E-state index < -0.39 is 0 Å². The minimum atomic E-state index is 0. The average molecular weight is 312 g/mol. The van der Waals surface area contributed by atoms with Gasteiger partial charge in [0.1, 0.15) is 0 Å². The van der Waals surface area contributed by atoms with Gasteiger partial charge in [0.2, 0.25) is 0 Å². The molecule has 0 atom stereocenters. The molecule has 4 aromatic rings. The van der Waals surface area contributed by atoms with Gasteiger partial charge in [-0.15, -0.1) is 22.7 Å². The summed E-state index contributed by atoms with van der Waals surface area (Å²) in [6.45, 7) is 4.10. The van der Waals surface area contributed by atoms with Crippen LogP contribution < -0.4 is 0 Å². The van der Waals surface area contributed by atoms with Crippen molar-refractivity contribution in [3.05, 3.63) is 46.4 Å². The van der Waals surface area contributed by atoms with Crippen LogP contribution in [-0.4, -0.2) is 9.97 Å². The summed E-state index contributed by atoms with van der Waals surface area (Å²) in [4.78, 5) is 9.08. The summed E-state index contributed by atoms with van der Waals surface area (Å²) in [6, 6.07) is 13.0. The van der Waals surface area contributed by atoms with Crippen LogP contribution in [0.3, 0.4) is 0 Å². The molecule has 0 saturated carbocycles. The summed E-state index contributed by atoms with van der Waals surface area (Å²) in [5.74, 6) is 0. The Kier molecular flexibility index (Phi) is 3.51. The van der Waals surface area contributed by atoms with Gasteiger partial charge in [0.15, 0.2) is 0 Å². The molecule has 0 saturated heterocycles. The van der Waals surface area contributed by atoms with Crippen LogP contribution in [0.1, 0.15) is 17.4 Å². The summed E-state index contributed by atoms with van der Waals surface area (Å²) in [7, 11) is 0. The van der Waals surface area contributed by atoms with Crippen LogP contribution in [0, 0.1) is 13.8 Å². The average Bonchev–Trinajstić information content (AvgIpc) is 2.97. The lowest BCUT2D eigenvalue weighted by molar-refractivity contribution is 1.34. The second-order valence-electron chi connectivity index (χ2n) is 4.83. The van der Waals surface area contributed by atoms with Gasteiger partial charge in [-0.05, 0) is 49.2 Å². The highest BCUT2D eigenvalue weighted by Gasteiger charge is 2.06. The van der Waals surface area contributed by atoms with E-state index in [2.05, 4.69) is 60.2 Å². The predicted molar refractivity (Wildman–Crippen MR) is 94.4 cm³/mol. The van der Waals surface area contributed by atoms with Crippen molar-refractivity contribution in [3.8, 4) is 11.1 Å². The van der Waals surface area contributed by atoms with Gasteiger partial charge in [-0.2, -0.15) is 0 Å². The van der Waals surface area contributed by atoms with Gasteiger partial charge in [0.25, 0.3) is 0 Å². The molecule has 0 aliphatic carbocycles. The molecule has 0 aliphatic heterocycles. The molecule has 2 nitrogen and oxygen atoms in total. The molecular formula is C17H16N2S2. The van der Waals surface area contributed by atoms with Gasteiger partial charge in [-0.25, -0.2) is 9.97 Å². The number of rotatable bonds is 1. The number of nitrogens with zero attached hydrogens (tertiary/aromatic N) is 2. The van der Waals surface area contributed by atoms with Gasteiger partial charge in [-0.3, -0.25) is 0 Å². The fourth-order valence-corrected chi connectivity index (χ4v) is 4.12. The van der Waals surface area contributed by atoms with Crippen LogP contribution in [0.4, 0.5) is 0 Å². The van der Waals surface area contributed by atoms with Crippen molar-refractivity contribution in [1.82, 2.24) is 9.97 Å². The van der Waals surface area contributed by atoms with E-state index in [-0.39, 0.29) is 7.43 Å². The molecule has 4 rings (SSSR count). The first-order chi connectivity index (χ1) is 9.69. The van der Waals surface area contributed by atoms with Crippen LogP contribution in [0.5, 0.6) is 0 Å². The lowest BCUT2D eigenvalue weighted by Crippen LogP contribution is -1.78. The second-order valence-corrected chi connectivity index (χ2v) is 7.30. The zero-order chi connectivity index (χ0) is 13.7. The molecule has 2 aromatic heterocycles. The third-order valence-electron chi connectivity index (χ3n) is 3.32. The SMILES string of the molecule is C.Cc1nc2cc(-c3ccc4nc(C)sc4c3)ccc2s1. The van der Waals surface area contributed by atoms with Gasteiger partial charge in [0, 0.05) is 0 Å². The largest absolute Gasteiger partial charge is 0.242 e.